The van der Waals surface area contributed by atoms with Crippen LogP contribution in [0.3, 0.4) is 0 Å². The van der Waals surface area contributed by atoms with Gasteiger partial charge in [0.2, 0.25) is 0 Å². The highest BCUT2D eigenvalue weighted by Gasteiger charge is 2.24. The second kappa shape index (κ2) is 10.1. The monoisotopic (exact) mass is 477 g/mol. The molecule has 5 rings (SSSR count). The summed E-state index contributed by atoms with van der Waals surface area (Å²) in [6.07, 6.45) is 8.04. The van der Waals surface area contributed by atoms with Crippen LogP contribution in [0.4, 0.5) is 0 Å². The number of hydrogen-bond acceptors (Lipinski definition) is 5. The van der Waals surface area contributed by atoms with Gasteiger partial charge < -0.3 is 5.32 Å². The molecule has 0 saturated heterocycles. The molecule has 2 aromatic carbocycles. The van der Waals surface area contributed by atoms with Crippen LogP contribution in [0.25, 0.3) is 16.6 Å². The van der Waals surface area contributed by atoms with E-state index < -0.39 is 6.04 Å². The number of hydrogen-bond donors (Lipinski definition) is 1. The summed E-state index contributed by atoms with van der Waals surface area (Å²) in [6.45, 7) is 2.17. The van der Waals surface area contributed by atoms with Crippen LogP contribution in [0.5, 0.6) is 0 Å². The first kappa shape index (κ1) is 23.4. The van der Waals surface area contributed by atoms with Gasteiger partial charge in [-0.1, -0.05) is 60.7 Å². The van der Waals surface area contributed by atoms with Gasteiger partial charge >= 0.3 is 0 Å². The second-order valence-electron chi connectivity index (χ2n) is 8.87. The lowest BCUT2D eigenvalue weighted by molar-refractivity contribution is 0.0944. The molecule has 0 saturated carbocycles. The van der Waals surface area contributed by atoms with E-state index in [2.05, 4.69) is 15.5 Å². The third kappa shape index (κ3) is 4.87. The van der Waals surface area contributed by atoms with Crippen LogP contribution in [-0.2, 0) is 13.5 Å². The Hall–Kier alpha value is -4.36. The molecule has 0 fully saturated rings. The van der Waals surface area contributed by atoms with Crippen molar-refractivity contribution >= 4 is 17.1 Å². The fourth-order valence-corrected chi connectivity index (χ4v) is 4.34. The molecule has 0 bridgehead atoms. The smallest absolute Gasteiger partial charge is 0.188 e. The van der Waals surface area contributed by atoms with E-state index >= 15 is 0 Å². The van der Waals surface area contributed by atoms with Crippen molar-refractivity contribution in [2.45, 2.75) is 19.4 Å². The lowest BCUT2D eigenvalue weighted by Gasteiger charge is -2.18. The molecule has 0 radical (unpaired) electrons. The molecule has 0 aliphatic carbocycles. The first-order valence-electron chi connectivity index (χ1n) is 11.9. The Morgan fingerprint density at radius 2 is 1.67 bits per heavy atom. The number of ketones is 2. The zero-order valence-electron chi connectivity index (χ0n) is 20.3. The average molecular weight is 478 g/mol. The maximum absolute atomic E-state index is 13.8. The molecule has 0 aliphatic rings. The standard InChI is InChI=1S/C29H27N5O2/c1-20(35)22-10-8-21(9-11-22)14-15-30-28(23-6-4-3-5-7-23)29(36)26-17-32-34-19-24(12-13-27(26)34)25-16-31-33(2)18-25/h3-13,16-19,28,30H,14-15H2,1-2H3/t28-/m1/s1. The SMILES string of the molecule is CC(=O)c1ccc(CCN[C@@H](C(=O)c2cnn3cc(-c4cnn(C)c4)ccc23)c2ccccc2)cc1. The Kier molecular flexibility index (Phi) is 6.56. The molecule has 7 heteroatoms. The molecule has 1 N–H and O–H groups in total. The van der Waals surface area contributed by atoms with Crippen LogP contribution in [0.1, 0.15) is 44.8 Å². The van der Waals surface area contributed by atoms with Crippen LogP contribution in [0.2, 0.25) is 0 Å². The van der Waals surface area contributed by atoms with Crippen molar-refractivity contribution in [1.29, 1.82) is 0 Å². The van der Waals surface area contributed by atoms with Gasteiger partial charge in [0.1, 0.15) is 0 Å². The van der Waals surface area contributed by atoms with Gasteiger partial charge in [-0.15, -0.1) is 0 Å². The molecule has 5 aromatic rings. The van der Waals surface area contributed by atoms with Crippen LogP contribution < -0.4 is 5.32 Å². The number of Topliss-reactive ketones (excluding diaryl/α,β-unsaturated/α-hetero) is 2. The normalized spacial score (nSPS) is 12.1. The molecule has 0 aliphatic heterocycles. The molecule has 0 spiro atoms. The van der Waals surface area contributed by atoms with Crippen molar-refractivity contribution in [3.05, 3.63) is 114 Å². The zero-order chi connectivity index (χ0) is 25.1. The maximum Gasteiger partial charge on any atom is 0.188 e. The third-order valence-corrected chi connectivity index (χ3v) is 6.34. The van der Waals surface area contributed by atoms with Gasteiger partial charge in [0.25, 0.3) is 0 Å². The first-order chi connectivity index (χ1) is 17.5. The van der Waals surface area contributed by atoms with Gasteiger partial charge in [0, 0.05) is 42.7 Å². The first-order valence-corrected chi connectivity index (χ1v) is 11.9. The number of aromatic nitrogens is 4. The van der Waals surface area contributed by atoms with Crippen LogP contribution in [0.15, 0.2) is 91.5 Å². The summed E-state index contributed by atoms with van der Waals surface area (Å²) < 4.78 is 3.50. The van der Waals surface area contributed by atoms with Gasteiger partial charge in [0.15, 0.2) is 11.6 Å². The van der Waals surface area contributed by atoms with Crippen molar-refractivity contribution in [3.8, 4) is 11.1 Å². The highest BCUT2D eigenvalue weighted by Crippen LogP contribution is 2.25. The van der Waals surface area contributed by atoms with Gasteiger partial charge in [-0.05, 0) is 30.5 Å². The number of fused-ring (bicyclic) bond motifs is 1. The lowest BCUT2D eigenvalue weighted by Crippen LogP contribution is -2.30. The van der Waals surface area contributed by atoms with E-state index in [1.165, 1.54) is 0 Å². The lowest BCUT2D eigenvalue weighted by atomic mass is 9.97. The highest BCUT2D eigenvalue weighted by molar-refractivity contribution is 6.06. The largest absolute Gasteiger partial charge is 0.303 e. The van der Waals surface area contributed by atoms with Gasteiger partial charge in [-0.25, -0.2) is 4.52 Å². The van der Waals surface area contributed by atoms with E-state index in [1.807, 2.05) is 86.2 Å². The number of carbonyl (C=O) groups excluding carboxylic acids is 2. The van der Waals surface area contributed by atoms with Gasteiger partial charge in [-0.2, -0.15) is 10.2 Å². The molecule has 36 heavy (non-hydrogen) atoms. The Balaban J connectivity index is 1.37. The summed E-state index contributed by atoms with van der Waals surface area (Å²) >= 11 is 0. The number of carbonyl (C=O) groups is 2. The third-order valence-electron chi connectivity index (χ3n) is 6.34. The zero-order valence-corrected chi connectivity index (χ0v) is 20.3. The predicted molar refractivity (Wildman–Crippen MR) is 139 cm³/mol. The number of nitrogens with one attached hydrogen (secondary N) is 1. The summed E-state index contributed by atoms with van der Waals surface area (Å²) in [5, 5.41) is 12.2. The fourth-order valence-electron chi connectivity index (χ4n) is 4.34. The maximum atomic E-state index is 13.8. The topological polar surface area (TPSA) is 81.3 Å². The van der Waals surface area contributed by atoms with Crippen LogP contribution in [0, 0.1) is 0 Å². The highest BCUT2D eigenvalue weighted by atomic mass is 16.1. The summed E-state index contributed by atoms with van der Waals surface area (Å²) in [6, 6.07) is 20.8. The summed E-state index contributed by atoms with van der Waals surface area (Å²) in [5.74, 6) is 0.0210. The van der Waals surface area contributed by atoms with Gasteiger partial charge in [-0.3, -0.25) is 14.3 Å². The molecule has 3 heterocycles. The van der Waals surface area contributed by atoms with Crippen molar-refractivity contribution in [1.82, 2.24) is 24.7 Å². The van der Waals surface area contributed by atoms with E-state index in [9.17, 15) is 9.59 Å². The summed E-state index contributed by atoms with van der Waals surface area (Å²) in [7, 11) is 1.88. The molecule has 180 valence electrons. The molecule has 0 unspecified atom stereocenters. The molecular weight excluding hydrogens is 450 g/mol. The molecule has 0 amide bonds. The van der Waals surface area contributed by atoms with E-state index in [0.717, 1.165) is 34.2 Å². The van der Waals surface area contributed by atoms with E-state index in [4.69, 9.17) is 0 Å². The van der Waals surface area contributed by atoms with Crippen molar-refractivity contribution in [2.24, 2.45) is 7.05 Å². The minimum absolute atomic E-state index is 0.0303. The minimum atomic E-state index is -0.506. The summed E-state index contributed by atoms with van der Waals surface area (Å²) in [4.78, 5) is 25.3. The quantitative estimate of drug-likeness (QED) is 0.312. The molecular formula is C29H27N5O2. The Morgan fingerprint density at radius 1 is 0.889 bits per heavy atom. The van der Waals surface area contributed by atoms with Crippen molar-refractivity contribution < 1.29 is 9.59 Å². The average Bonchev–Trinajstić information content (AvgIpc) is 3.53. The number of pyridine rings is 1. The van der Waals surface area contributed by atoms with Crippen molar-refractivity contribution in [2.75, 3.05) is 6.54 Å². The molecule has 7 nitrogen and oxygen atoms in total. The van der Waals surface area contributed by atoms with Gasteiger partial charge in [0.05, 0.1) is 29.5 Å². The minimum Gasteiger partial charge on any atom is -0.303 e. The van der Waals surface area contributed by atoms with E-state index in [-0.39, 0.29) is 11.6 Å². The van der Waals surface area contributed by atoms with Crippen molar-refractivity contribution in [3.63, 3.8) is 0 Å². The Bertz CT molecular complexity index is 1520. The molecule has 1 atom stereocenters. The Labute approximate surface area is 209 Å². The van der Waals surface area contributed by atoms with Crippen LogP contribution in [-0.4, -0.2) is 37.5 Å². The molecule has 3 aromatic heterocycles. The Morgan fingerprint density at radius 3 is 2.36 bits per heavy atom. The number of rotatable bonds is 9. The predicted octanol–water partition coefficient (Wildman–Crippen LogP) is 4.69. The fraction of sp³-hybridized carbons (Fsp3) is 0.172. The number of benzene rings is 2. The second-order valence-corrected chi connectivity index (χ2v) is 8.87. The van der Waals surface area contributed by atoms with Crippen LogP contribution >= 0.6 is 0 Å². The number of nitrogens with zero attached hydrogens (tertiary/aromatic N) is 4. The van der Waals surface area contributed by atoms with E-state index in [1.54, 1.807) is 28.5 Å². The number of aryl methyl sites for hydroxylation is 1. The van der Waals surface area contributed by atoms with E-state index in [0.29, 0.717) is 17.7 Å². The summed E-state index contributed by atoms with van der Waals surface area (Å²) in [5.41, 5.74) is 6.00.